The van der Waals surface area contributed by atoms with Gasteiger partial charge in [0.1, 0.15) is 5.75 Å². The topological polar surface area (TPSA) is 46.2 Å². The lowest BCUT2D eigenvalue weighted by molar-refractivity contribution is 0.478. The average Bonchev–Trinajstić information content (AvgIpc) is 2.33. The molecule has 0 fully saturated rings. The standard InChI is InChI=1S/C15H13NO/c1-11-2-4-12(5-3-11)6-7-13-8-9-15(17)14(16)10-13/h2-5,8-10,17H,16H2,1H3. The number of aromatic hydroxyl groups is 1. The summed E-state index contributed by atoms with van der Waals surface area (Å²) in [7, 11) is 0. The highest BCUT2D eigenvalue weighted by Gasteiger charge is 1.95. The summed E-state index contributed by atoms with van der Waals surface area (Å²) in [5.74, 6) is 6.14. The van der Waals surface area contributed by atoms with Crippen molar-refractivity contribution < 1.29 is 5.11 Å². The third kappa shape index (κ3) is 2.79. The number of rotatable bonds is 0. The highest BCUT2D eigenvalue weighted by molar-refractivity contribution is 5.57. The Morgan fingerprint density at radius 1 is 0.941 bits per heavy atom. The molecule has 17 heavy (non-hydrogen) atoms. The van der Waals surface area contributed by atoms with Crippen LogP contribution in [0.5, 0.6) is 5.75 Å². The monoisotopic (exact) mass is 223 g/mol. The van der Waals surface area contributed by atoms with E-state index in [1.54, 1.807) is 18.2 Å². The molecule has 0 aliphatic rings. The first kappa shape index (κ1) is 11.1. The molecule has 2 heteroatoms. The lowest BCUT2D eigenvalue weighted by atomic mass is 10.1. The maximum atomic E-state index is 9.29. The highest BCUT2D eigenvalue weighted by atomic mass is 16.3. The van der Waals surface area contributed by atoms with E-state index in [4.69, 9.17) is 5.73 Å². The minimum atomic E-state index is 0.0888. The van der Waals surface area contributed by atoms with Gasteiger partial charge in [-0.3, -0.25) is 0 Å². The lowest BCUT2D eigenvalue weighted by Gasteiger charge is -1.97. The second-order valence-electron chi connectivity index (χ2n) is 3.89. The SMILES string of the molecule is Cc1ccc(C#Cc2ccc(O)c(N)c2)cc1. The second-order valence-corrected chi connectivity index (χ2v) is 3.89. The summed E-state index contributed by atoms with van der Waals surface area (Å²) in [6.07, 6.45) is 0. The summed E-state index contributed by atoms with van der Waals surface area (Å²) >= 11 is 0. The van der Waals surface area contributed by atoms with Gasteiger partial charge >= 0.3 is 0 Å². The van der Waals surface area contributed by atoms with E-state index in [-0.39, 0.29) is 5.75 Å². The Balaban J connectivity index is 2.26. The van der Waals surface area contributed by atoms with Gasteiger partial charge in [0.15, 0.2) is 0 Å². The van der Waals surface area contributed by atoms with E-state index in [9.17, 15) is 5.11 Å². The Hall–Kier alpha value is -2.40. The van der Waals surface area contributed by atoms with Crippen LogP contribution in [0, 0.1) is 18.8 Å². The molecule has 2 aromatic carbocycles. The zero-order chi connectivity index (χ0) is 12.3. The smallest absolute Gasteiger partial charge is 0.138 e. The molecule has 0 heterocycles. The fraction of sp³-hybridized carbons (Fsp3) is 0.0667. The predicted octanol–water partition coefficient (Wildman–Crippen LogP) is 2.68. The van der Waals surface area contributed by atoms with Crippen LogP contribution in [0.25, 0.3) is 0 Å². The Morgan fingerprint density at radius 2 is 1.53 bits per heavy atom. The van der Waals surface area contributed by atoms with Gasteiger partial charge < -0.3 is 10.8 Å². The van der Waals surface area contributed by atoms with Crippen molar-refractivity contribution in [3.63, 3.8) is 0 Å². The van der Waals surface area contributed by atoms with Crippen molar-refractivity contribution in [2.75, 3.05) is 5.73 Å². The van der Waals surface area contributed by atoms with Crippen molar-refractivity contribution in [3.8, 4) is 17.6 Å². The molecular weight excluding hydrogens is 210 g/mol. The van der Waals surface area contributed by atoms with Gasteiger partial charge in [-0.15, -0.1) is 0 Å². The number of phenols is 1. The number of aryl methyl sites for hydroxylation is 1. The molecule has 0 amide bonds. The van der Waals surface area contributed by atoms with E-state index in [2.05, 4.69) is 11.8 Å². The highest BCUT2D eigenvalue weighted by Crippen LogP contribution is 2.19. The van der Waals surface area contributed by atoms with Crippen LogP contribution in [0.2, 0.25) is 0 Å². The number of anilines is 1. The predicted molar refractivity (Wildman–Crippen MR) is 69.7 cm³/mol. The van der Waals surface area contributed by atoms with Crippen LogP contribution in [0.15, 0.2) is 42.5 Å². The van der Waals surface area contributed by atoms with Crippen LogP contribution in [0.1, 0.15) is 16.7 Å². The summed E-state index contributed by atoms with van der Waals surface area (Å²) in [6.45, 7) is 2.04. The molecule has 2 nitrogen and oxygen atoms in total. The molecule has 0 atom stereocenters. The Kier molecular flexibility index (Phi) is 3.02. The van der Waals surface area contributed by atoms with E-state index in [0.29, 0.717) is 5.69 Å². The summed E-state index contributed by atoms with van der Waals surface area (Å²) < 4.78 is 0. The molecule has 0 bridgehead atoms. The summed E-state index contributed by atoms with van der Waals surface area (Å²) in [5.41, 5.74) is 8.90. The molecule has 2 aromatic rings. The van der Waals surface area contributed by atoms with E-state index in [1.165, 1.54) is 5.56 Å². The van der Waals surface area contributed by atoms with Crippen LogP contribution in [0.3, 0.4) is 0 Å². The minimum Gasteiger partial charge on any atom is -0.506 e. The number of nitrogens with two attached hydrogens (primary N) is 1. The lowest BCUT2D eigenvalue weighted by Crippen LogP contribution is -1.86. The quantitative estimate of drug-likeness (QED) is 0.410. The third-order valence-corrected chi connectivity index (χ3v) is 2.43. The van der Waals surface area contributed by atoms with Crippen molar-refractivity contribution in [2.45, 2.75) is 6.92 Å². The number of hydrogen-bond acceptors (Lipinski definition) is 2. The fourth-order valence-electron chi connectivity index (χ4n) is 1.41. The van der Waals surface area contributed by atoms with Gasteiger partial charge in [0, 0.05) is 11.1 Å². The summed E-state index contributed by atoms with van der Waals surface area (Å²) in [6, 6.07) is 13.0. The van der Waals surface area contributed by atoms with E-state index < -0.39 is 0 Å². The second kappa shape index (κ2) is 4.63. The molecule has 0 radical (unpaired) electrons. The molecule has 0 spiro atoms. The number of hydrogen-bond donors (Lipinski definition) is 2. The molecule has 0 aromatic heterocycles. The van der Waals surface area contributed by atoms with Crippen molar-refractivity contribution >= 4 is 5.69 Å². The van der Waals surface area contributed by atoms with Crippen LogP contribution < -0.4 is 5.73 Å². The molecular formula is C15H13NO. The molecule has 3 N–H and O–H groups in total. The van der Waals surface area contributed by atoms with Crippen LogP contribution in [0.4, 0.5) is 5.69 Å². The van der Waals surface area contributed by atoms with E-state index in [1.807, 2.05) is 31.2 Å². The van der Waals surface area contributed by atoms with E-state index in [0.717, 1.165) is 11.1 Å². The van der Waals surface area contributed by atoms with Crippen LogP contribution >= 0.6 is 0 Å². The Morgan fingerprint density at radius 3 is 2.18 bits per heavy atom. The number of nitrogen functional groups attached to an aromatic ring is 1. The number of phenolic OH excluding ortho intramolecular Hbond substituents is 1. The average molecular weight is 223 g/mol. The van der Waals surface area contributed by atoms with Crippen LogP contribution in [-0.2, 0) is 0 Å². The minimum absolute atomic E-state index is 0.0888. The molecule has 0 unspecified atom stereocenters. The maximum absolute atomic E-state index is 9.29. The largest absolute Gasteiger partial charge is 0.506 e. The molecule has 0 aliphatic heterocycles. The zero-order valence-corrected chi connectivity index (χ0v) is 9.57. The van der Waals surface area contributed by atoms with E-state index >= 15 is 0 Å². The van der Waals surface area contributed by atoms with Gasteiger partial charge in [-0.25, -0.2) is 0 Å². The van der Waals surface area contributed by atoms with Gasteiger partial charge in [0.25, 0.3) is 0 Å². The molecule has 0 saturated carbocycles. The normalized spacial score (nSPS) is 9.47. The first-order valence-electron chi connectivity index (χ1n) is 5.32. The maximum Gasteiger partial charge on any atom is 0.138 e. The van der Waals surface area contributed by atoms with Gasteiger partial charge in [-0.2, -0.15) is 0 Å². The van der Waals surface area contributed by atoms with Crippen molar-refractivity contribution in [1.82, 2.24) is 0 Å². The van der Waals surface area contributed by atoms with Crippen molar-refractivity contribution in [1.29, 1.82) is 0 Å². The molecule has 84 valence electrons. The summed E-state index contributed by atoms with van der Waals surface area (Å²) in [4.78, 5) is 0. The van der Waals surface area contributed by atoms with Gasteiger partial charge in [0.05, 0.1) is 5.69 Å². The fourth-order valence-corrected chi connectivity index (χ4v) is 1.41. The number of benzene rings is 2. The first-order valence-corrected chi connectivity index (χ1v) is 5.32. The third-order valence-electron chi connectivity index (χ3n) is 2.43. The first-order chi connectivity index (χ1) is 8.15. The molecule has 0 saturated heterocycles. The zero-order valence-electron chi connectivity index (χ0n) is 9.57. The van der Waals surface area contributed by atoms with Gasteiger partial charge in [-0.1, -0.05) is 29.5 Å². The summed E-state index contributed by atoms with van der Waals surface area (Å²) in [5, 5.41) is 9.29. The van der Waals surface area contributed by atoms with Crippen molar-refractivity contribution in [3.05, 3.63) is 59.2 Å². The van der Waals surface area contributed by atoms with Crippen LogP contribution in [-0.4, -0.2) is 5.11 Å². The molecule has 0 aliphatic carbocycles. The van der Waals surface area contributed by atoms with Gasteiger partial charge in [-0.05, 0) is 37.3 Å². The van der Waals surface area contributed by atoms with Crippen molar-refractivity contribution in [2.24, 2.45) is 0 Å². The Bertz CT molecular complexity index is 589. The molecule has 2 rings (SSSR count). The Labute approximate surface area is 101 Å². The van der Waals surface area contributed by atoms with Gasteiger partial charge in [0.2, 0.25) is 0 Å².